The average molecular weight is 362 g/mol. The van der Waals surface area contributed by atoms with E-state index in [2.05, 4.69) is 66.8 Å². The minimum Gasteiger partial charge on any atom is -0.309 e. The molecule has 0 aliphatic heterocycles. The molecule has 20 heavy (non-hydrogen) atoms. The Morgan fingerprint density at radius 3 is 2.25 bits per heavy atom. The van der Waals surface area contributed by atoms with Crippen LogP contribution < -0.4 is 5.32 Å². The van der Waals surface area contributed by atoms with Crippen LogP contribution in [-0.2, 0) is 0 Å². The highest BCUT2D eigenvalue weighted by Gasteiger charge is 2.14. The first kappa shape index (κ1) is 18.0. The Kier molecular flexibility index (Phi) is 7.52. The Bertz CT molecular complexity index is 413. The molecular weight excluding hydrogens is 336 g/mol. The Labute approximate surface area is 137 Å². The molecule has 1 aromatic carbocycles. The predicted molar refractivity (Wildman–Crippen MR) is 92.5 cm³/mol. The fourth-order valence-electron chi connectivity index (χ4n) is 2.49. The fraction of sp³-hybridized carbons (Fsp3) is 0.625. The van der Waals surface area contributed by atoms with E-state index in [0.29, 0.717) is 12.1 Å². The van der Waals surface area contributed by atoms with Gasteiger partial charge in [0.15, 0.2) is 0 Å². The minimum absolute atomic E-state index is 0.261. The first-order valence-corrected chi connectivity index (χ1v) is 8.44. The smallest absolute Gasteiger partial charge is 0.0464 e. The molecule has 1 N–H and O–H groups in total. The summed E-state index contributed by atoms with van der Waals surface area (Å²) in [6.45, 7) is 13.1. The largest absolute Gasteiger partial charge is 0.309 e. The molecule has 0 aliphatic carbocycles. The summed E-state index contributed by atoms with van der Waals surface area (Å²) < 4.78 is 1.02. The third-order valence-corrected chi connectivity index (χ3v) is 4.40. The Balaban J connectivity index is 2.53. The molecule has 2 nitrogen and oxygen atoms in total. The van der Waals surface area contributed by atoms with Gasteiger partial charge < -0.3 is 5.32 Å². The second kappa shape index (κ2) is 8.38. The van der Waals surface area contributed by atoms with Crippen LogP contribution in [-0.4, -0.2) is 30.1 Å². The quantitative estimate of drug-likeness (QED) is 0.745. The molecule has 0 fully saturated rings. The third-order valence-electron chi connectivity index (χ3n) is 3.58. The van der Waals surface area contributed by atoms with E-state index >= 15 is 0 Å². The van der Waals surface area contributed by atoms with Crippen molar-refractivity contribution < 1.29 is 0 Å². The zero-order valence-corrected chi connectivity index (χ0v) is 15.4. The van der Waals surface area contributed by atoms with Gasteiger partial charge in [0.05, 0.1) is 0 Å². The van der Waals surface area contributed by atoms with E-state index in [1.54, 1.807) is 0 Å². The molecule has 0 saturated heterocycles. The van der Waals surface area contributed by atoms with E-state index in [9.17, 15) is 0 Å². The van der Waals surface area contributed by atoms with Gasteiger partial charge in [-0.3, -0.25) is 4.90 Å². The van der Waals surface area contributed by atoms with Crippen molar-refractivity contribution in [1.82, 2.24) is 10.2 Å². The summed E-state index contributed by atoms with van der Waals surface area (Å²) in [4.78, 5) is 2.49. The lowest BCUT2D eigenvalue weighted by molar-refractivity contribution is 0.174. The molecule has 0 aromatic heterocycles. The summed E-state index contributed by atoms with van der Waals surface area (Å²) in [5.41, 5.74) is 1.15. The maximum absolute atomic E-state index is 6.29. The van der Waals surface area contributed by atoms with Crippen molar-refractivity contribution in [1.29, 1.82) is 0 Å². The van der Waals surface area contributed by atoms with Crippen LogP contribution in [0.15, 0.2) is 22.7 Å². The summed E-state index contributed by atoms with van der Waals surface area (Å²) in [6.07, 6.45) is 0. The van der Waals surface area contributed by atoms with Crippen LogP contribution in [0.3, 0.4) is 0 Å². The number of hydrogen-bond donors (Lipinski definition) is 1. The van der Waals surface area contributed by atoms with Crippen LogP contribution in [0.5, 0.6) is 0 Å². The summed E-state index contributed by atoms with van der Waals surface area (Å²) >= 11 is 9.72. The van der Waals surface area contributed by atoms with Crippen LogP contribution >= 0.6 is 27.5 Å². The van der Waals surface area contributed by atoms with E-state index < -0.39 is 0 Å². The van der Waals surface area contributed by atoms with E-state index in [4.69, 9.17) is 11.6 Å². The number of benzene rings is 1. The third kappa shape index (κ3) is 5.36. The molecule has 0 heterocycles. The van der Waals surface area contributed by atoms with Gasteiger partial charge in [0.1, 0.15) is 0 Å². The molecule has 0 saturated carbocycles. The Hall–Kier alpha value is -0.0900. The van der Waals surface area contributed by atoms with E-state index in [-0.39, 0.29) is 6.04 Å². The normalized spacial score (nSPS) is 13.5. The molecule has 0 bridgehead atoms. The van der Waals surface area contributed by atoms with Crippen molar-refractivity contribution in [3.63, 3.8) is 0 Å². The average Bonchev–Trinajstić information content (AvgIpc) is 2.33. The number of nitrogens with zero attached hydrogens (tertiary/aromatic N) is 1. The first-order chi connectivity index (χ1) is 9.32. The highest BCUT2D eigenvalue weighted by molar-refractivity contribution is 9.10. The number of rotatable bonds is 7. The molecule has 0 amide bonds. The lowest BCUT2D eigenvalue weighted by Crippen LogP contribution is -2.41. The molecule has 114 valence electrons. The van der Waals surface area contributed by atoms with Gasteiger partial charge in [-0.25, -0.2) is 0 Å². The van der Waals surface area contributed by atoms with E-state index in [0.717, 1.165) is 28.1 Å². The van der Waals surface area contributed by atoms with Crippen molar-refractivity contribution in [3.8, 4) is 0 Å². The first-order valence-electron chi connectivity index (χ1n) is 7.27. The maximum atomic E-state index is 6.29. The second-order valence-corrected chi connectivity index (χ2v) is 7.09. The molecule has 0 spiro atoms. The zero-order valence-electron chi connectivity index (χ0n) is 13.1. The number of hydrogen-bond acceptors (Lipinski definition) is 2. The summed E-state index contributed by atoms with van der Waals surface area (Å²) in [7, 11) is 0. The molecule has 1 unspecified atom stereocenters. The predicted octanol–water partition coefficient (Wildman–Crippen LogP) is 4.87. The lowest BCUT2D eigenvalue weighted by Gasteiger charge is -2.31. The van der Waals surface area contributed by atoms with Crippen molar-refractivity contribution in [2.24, 2.45) is 0 Å². The van der Waals surface area contributed by atoms with Gasteiger partial charge in [-0.05, 0) is 52.3 Å². The molecule has 1 rings (SSSR count). The second-order valence-electron chi connectivity index (χ2n) is 5.77. The summed E-state index contributed by atoms with van der Waals surface area (Å²) in [6, 6.07) is 7.47. The monoisotopic (exact) mass is 360 g/mol. The highest BCUT2D eigenvalue weighted by atomic mass is 79.9. The molecular formula is C16H26BrClN2. The van der Waals surface area contributed by atoms with Crippen molar-refractivity contribution in [2.75, 3.05) is 13.1 Å². The van der Waals surface area contributed by atoms with Gasteiger partial charge in [0, 0.05) is 40.7 Å². The summed E-state index contributed by atoms with van der Waals surface area (Å²) in [5.74, 6) is 0. The SMILES string of the molecule is CC(NCCN(C(C)C)C(C)C)c1ccc(Br)cc1Cl. The number of halogens is 2. The molecule has 1 aromatic rings. The van der Waals surface area contributed by atoms with Crippen molar-refractivity contribution >= 4 is 27.5 Å². The summed E-state index contributed by atoms with van der Waals surface area (Å²) in [5, 5.41) is 4.37. The topological polar surface area (TPSA) is 15.3 Å². The van der Waals surface area contributed by atoms with Crippen LogP contribution in [0.25, 0.3) is 0 Å². The standard InChI is InChI=1S/C16H26BrClN2/c1-11(2)20(12(3)4)9-8-19-13(5)15-7-6-14(17)10-16(15)18/h6-7,10-13,19H,8-9H2,1-5H3. The lowest BCUT2D eigenvalue weighted by atomic mass is 10.1. The zero-order chi connectivity index (χ0) is 15.3. The van der Waals surface area contributed by atoms with Crippen LogP contribution in [0.1, 0.15) is 46.2 Å². The van der Waals surface area contributed by atoms with Crippen molar-refractivity contribution in [3.05, 3.63) is 33.3 Å². The van der Waals surface area contributed by atoms with Gasteiger partial charge in [-0.1, -0.05) is 33.6 Å². The van der Waals surface area contributed by atoms with Gasteiger partial charge in [0.2, 0.25) is 0 Å². The Morgan fingerprint density at radius 1 is 1.15 bits per heavy atom. The van der Waals surface area contributed by atoms with Gasteiger partial charge in [-0.15, -0.1) is 0 Å². The van der Waals surface area contributed by atoms with Gasteiger partial charge in [0.25, 0.3) is 0 Å². The maximum Gasteiger partial charge on any atom is 0.0464 e. The minimum atomic E-state index is 0.261. The van der Waals surface area contributed by atoms with E-state index in [1.807, 2.05) is 12.1 Å². The van der Waals surface area contributed by atoms with Gasteiger partial charge >= 0.3 is 0 Å². The van der Waals surface area contributed by atoms with Crippen molar-refractivity contribution in [2.45, 2.75) is 52.7 Å². The van der Waals surface area contributed by atoms with Crippen LogP contribution in [0.4, 0.5) is 0 Å². The number of nitrogens with one attached hydrogen (secondary N) is 1. The molecule has 4 heteroatoms. The van der Waals surface area contributed by atoms with Gasteiger partial charge in [-0.2, -0.15) is 0 Å². The van der Waals surface area contributed by atoms with Crippen LogP contribution in [0, 0.1) is 0 Å². The molecule has 0 radical (unpaired) electrons. The Morgan fingerprint density at radius 2 is 1.75 bits per heavy atom. The fourth-order valence-corrected chi connectivity index (χ4v) is 3.32. The molecule has 1 atom stereocenters. The highest BCUT2D eigenvalue weighted by Crippen LogP contribution is 2.26. The molecule has 0 aliphatic rings. The van der Waals surface area contributed by atoms with Crippen LogP contribution in [0.2, 0.25) is 5.02 Å². The van der Waals surface area contributed by atoms with E-state index in [1.165, 1.54) is 0 Å².